The van der Waals surface area contributed by atoms with Gasteiger partial charge in [-0.2, -0.15) is 0 Å². The maximum Gasteiger partial charge on any atom is 0.320 e. The minimum absolute atomic E-state index is 0.0577. The highest BCUT2D eigenvalue weighted by Gasteiger charge is 2.41. The van der Waals surface area contributed by atoms with Gasteiger partial charge in [-0.05, 0) is 44.2 Å². The number of aliphatic carboxylic acids is 2. The zero-order valence-corrected chi connectivity index (χ0v) is 15.5. The van der Waals surface area contributed by atoms with Crippen molar-refractivity contribution in [3.8, 4) is 11.8 Å². The molecule has 0 saturated heterocycles. The summed E-state index contributed by atoms with van der Waals surface area (Å²) in [6.45, 7) is 1.25. The highest BCUT2D eigenvalue weighted by molar-refractivity contribution is 7.10. The second-order valence-corrected chi connectivity index (χ2v) is 7.38. The molecule has 2 N–H and O–H groups in total. The van der Waals surface area contributed by atoms with Gasteiger partial charge < -0.3 is 10.2 Å². The number of hydrogen-bond acceptors (Lipinski definition) is 3. The molecule has 0 amide bonds. The standard InChI is InChI=1S/C21H22O4S/c1-21(19(22)23,20(24)25)13-12-18-14-17(15-26-18)11-7-3-6-10-16-8-4-2-5-9-16/h2,4-5,8-9,14-15H,3,6,10,12-13H2,1H3,(H,22,23)(H,24,25). The molecule has 4 nitrogen and oxygen atoms in total. The average Bonchev–Trinajstić information content (AvgIpc) is 3.07. The van der Waals surface area contributed by atoms with E-state index in [9.17, 15) is 9.59 Å². The summed E-state index contributed by atoms with van der Waals surface area (Å²) in [4.78, 5) is 23.3. The van der Waals surface area contributed by atoms with Crippen molar-refractivity contribution >= 4 is 23.3 Å². The van der Waals surface area contributed by atoms with Crippen LogP contribution in [0.25, 0.3) is 0 Å². The van der Waals surface area contributed by atoms with Crippen molar-refractivity contribution in [1.82, 2.24) is 0 Å². The second-order valence-electron chi connectivity index (χ2n) is 6.39. The molecule has 0 bridgehead atoms. The number of unbranched alkanes of at least 4 members (excludes halogenated alkanes) is 1. The summed E-state index contributed by atoms with van der Waals surface area (Å²) in [5.74, 6) is 3.67. The van der Waals surface area contributed by atoms with Crippen LogP contribution in [0, 0.1) is 17.3 Å². The lowest BCUT2D eigenvalue weighted by molar-refractivity contribution is -0.163. The summed E-state index contributed by atoms with van der Waals surface area (Å²) in [7, 11) is 0. The third-order valence-corrected chi connectivity index (χ3v) is 5.31. The lowest BCUT2D eigenvalue weighted by Crippen LogP contribution is -2.36. The monoisotopic (exact) mass is 370 g/mol. The van der Waals surface area contributed by atoms with Gasteiger partial charge in [0.1, 0.15) is 0 Å². The van der Waals surface area contributed by atoms with Crippen molar-refractivity contribution in [2.75, 3.05) is 0 Å². The van der Waals surface area contributed by atoms with Crippen molar-refractivity contribution in [2.24, 2.45) is 5.41 Å². The second kappa shape index (κ2) is 9.21. The Balaban J connectivity index is 1.82. The minimum atomic E-state index is -1.76. The Hall–Kier alpha value is -2.58. The van der Waals surface area contributed by atoms with Crippen LogP contribution >= 0.6 is 11.3 Å². The molecule has 0 fully saturated rings. The molecule has 1 heterocycles. The van der Waals surface area contributed by atoms with Gasteiger partial charge in [0.25, 0.3) is 0 Å². The first-order valence-corrected chi connectivity index (χ1v) is 9.37. The highest BCUT2D eigenvalue weighted by Crippen LogP contribution is 2.26. The molecule has 0 aliphatic carbocycles. The Kier molecular flexibility index (Phi) is 6.99. The molecule has 0 spiro atoms. The predicted molar refractivity (Wildman–Crippen MR) is 102 cm³/mol. The number of rotatable bonds is 8. The molecule has 0 unspecified atom stereocenters. The molecule has 5 heteroatoms. The largest absolute Gasteiger partial charge is 0.480 e. The number of benzene rings is 1. The molecule has 0 radical (unpaired) electrons. The third kappa shape index (κ3) is 5.47. The molecule has 0 aliphatic rings. The molecular weight excluding hydrogens is 348 g/mol. The van der Waals surface area contributed by atoms with E-state index in [0.29, 0.717) is 6.42 Å². The Morgan fingerprint density at radius 3 is 2.46 bits per heavy atom. The van der Waals surface area contributed by atoms with Crippen LogP contribution in [0.3, 0.4) is 0 Å². The fourth-order valence-electron chi connectivity index (χ4n) is 2.45. The summed E-state index contributed by atoms with van der Waals surface area (Å²) < 4.78 is 0. The molecular formula is C21H22O4S. The molecule has 0 aliphatic heterocycles. The van der Waals surface area contributed by atoms with E-state index in [2.05, 4.69) is 24.0 Å². The topological polar surface area (TPSA) is 74.6 Å². The zero-order chi connectivity index (χ0) is 19.0. The van der Waals surface area contributed by atoms with Crippen molar-refractivity contribution < 1.29 is 19.8 Å². The third-order valence-electron chi connectivity index (χ3n) is 4.31. The highest BCUT2D eigenvalue weighted by atomic mass is 32.1. The smallest absolute Gasteiger partial charge is 0.320 e. The molecule has 1 aromatic heterocycles. The number of carboxylic acid groups (broad SMARTS) is 2. The van der Waals surface area contributed by atoms with E-state index >= 15 is 0 Å². The van der Waals surface area contributed by atoms with Gasteiger partial charge in [-0.25, -0.2) is 0 Å². The fourth-order valence-corrected chi connectivity index (χ4v) is 3.27. The van der Waals surface area contributed by atoms with Gasteiger partial charge in [-0.3, -0.25) is 9.59 Å². The van der Waals surface area contributed by atoms with E-state index < -0.39 is 17.4 Å². The van der Waals surface area contributed by atoms with E-state index in [-0.39, 0.29) is 6.42 Å². The maximum atomic E-state index is 11.2. The van der Waals surface area contributed by atoms with Gasteiger partial charge in [0.2, 0.25) is 0 Å². The fraction of sp³-hybridized carbons (Fsp3) is 0.333. The zero-order valence-electron chi connectivity index (χ0n) is 14.7. The lowest BCUT2D eigenvalue weighted by Gasteiger charge is -2.18. The number of carboxylic acids is 2. The molecule has 0 saturated carbocycles. The normalized spacial score (nSPS) is 10.8. The van der Waals surface area contributed by atoms with Crippen LogP contribution in [-0.4, -0.2) is 22.2 Å². The number of thiophene rings is 1. The molecule has 1 aromatic carbocycles. The Bertz CT molecular complexity index is 797. The Morgan fingerprint density at radius 2 is 1.81 bits per heavy atom. The average molecular weight is 370 g/mol. The molecule has 2 aromatic rings. The first-order valence-electron chi connectivity index (χ1n) is 8.49. The Labute approximate surface area is 157 Å². The van der Waals surface area contributed by atoms with Crippen LogP contribution in [-0.2, 0) is 22.4 Å². The first kappa shape index (κ1) is 19.7. The van der Waals surface area contributed by atoms with Gasteiger partial charge in [-0.1, -0.05) is 42.2 Å². The number of carbonyl (C=O) groups is 2. The van der Waals surface area contributed by atoms with Crippen LogP contribution in [0.1, 0.15) is 42.2 Å². The summed E-state index contributed by atoms with van der Waals surface area (Å²) in [6.07, 6.45) is 3.30. The van der Waals surface area contributed by atoms with Gasteiger partial charge in [0.05, 0.1) is 0 Å². The van der Waals surface area contributed by atoms with Crippen molar-refractivity contribution in [3.63, 3.8) is 0 Å². The van der Waals surface area contributed by atoms with Crippen molar-refractivity contribution in [3.05, 3.63) is 57.8 Å². The van der Waals surface area contributed by atoms with E-state index in [4.69, 9.17) is 10.2 Å². The van der Waals surface area contributed by atoms with Crippen LogP contribution in [0.4, 0.5) is 0 Å². The van der Waals surface area contributed by atoms with Gasteiger partial charge >= 0.3 is 11.9 Å². The summed E-state index contributed by atoms with van der Waals surface area (Å²) in [5, 5.41) is 20.2. The quantitative estimate of drug-likeness (QED) is 0.414. The van der Waals surface area contributed by atoms with Gasteiger partial charge in [-0.15, -0.1) is 11.3 Å². The van der Waals surface area contributed by atoms with Crippen LogP contribution in [0.15, 0.2) is 41.8 Å². The molecule has 2 rings (SSSR count). The first-order chi connectivity index (χ1) is 12.4. The number of aryl methyl sites for hydroxylation is 2. The van der Waals surface area contributed by atoms with E-state index in [1.165, 1.54) is 23.8 Å². The molecule has 136 valence electrons. The summed E-state index contributed by atoms with van der Waals surface area (Å²) in [5.41, 5.74) is 0.455. The minimum Gasteiger partial charge on any atom is -0.480 e. The SMILES string of the molecule is CC(CCc1cc(C#CCCCc2ccccc2)cs1)(C(=O)O)C(=O)O. The Morgan fingerprint density at radius 1 is 1.12 bits per heavy atom. The van der Waals surface area contributed by atoms with E-state index in [0.717, 1.165) is 29.7 Å². The van der Waals surface area contributed by atoms with Crippen molar-refractivity contribution in [1.29, 1.82) is 0 Å². The molecule has 26 heavy (non-hydrogen) atoms. The van der Waals surface area contributed by atoms with Crippen molar-refractivity contribution in [2.45, 2.75) is 39.0 Å². The predicted octanol–water partition coefficient (Wildman–Crippen LogP) is 4.23. The molecule has 0 atom stereocenters. The van der Waals surface area contributed by atoms with Gasteiger partial charge in [0, 0.05) is 22.2 Å². The lowest BCUT2D eigenvalue weighted by atomic mass is 9.85. The van der Waals surface area contributed by atoms with E-state index in [1.807, 2.05) is 29.6 Å². The number of hydrogen-bond donors (Lipinski definition) is 2. The van der Waals surface area contributed by atoms with Crippen LogP contribution in [0.2, 0.25) is 0 Å². The summed E-state index contributed by atoms with van der Waals surface area (Å²) in [6, 6.07) is 12.2. The van der Waals surface area contributed by atoms with Crippen LogP contribution < -0.4 is 0 Å². The van der Waals surface area contributed by atoms with Gasteiger partial charge in [0.15, 0.2) is 5.41 Å². The summed E-state index contributed by atoms with van der Waals surface area (Å²) >= 11 is 1.49. The van der Waals surface area contributed by atoms with E-state index in [1.54, 1.807) is 0 Å². The maximum absolute atomic E-state index is 11.2. The van der Waals surface area contributed by atoms with Crippen LogP contribution in [0.5, 0.6) is 0 Å².